The van der Waals surface area contributed by atoms with Crippen LogP contribution in [0.1, 0.15) is 10.7 Å². The molecule has 0 spiro atoms. The molecule has 0 aromatic carbocycles. The van der Waals surface area contributed by atoms with Gasteiger partial charge in [-0.15, -0.1) is 10.2 Å². The van der Waals surface area contributed by atoms with Crippen LogP contribution in [0.15, 0.2) is 23.0 Å². The Balaban J connectivity index is 2.41. The monoisotopic (exact) mass is 176 g/mol. The lowest BCUT2D eigenvalue weighted by molar-refractivity contribution is 0.109. The Bertz CT molecular complexity index is 411. The summed E-state index contributed by atoms with van der Waals surface area (Å²) in [6.45, 7) is 0. The van der Waals surface area contributed by atoms with Crippen LogP contribution in [0.4, 0.5) is 0 Å². The van der Waals surface area contributed by atoms with Crippen molar-refractivity contribution < 1.29 is 9.21 Å². The number of rotatable bonds is 2. The fraction of sp³-hybridized carbons (Fsp3) is 0. The third-order valence-corrected chi connectivity index (χ3v) is 1.34. The van der Waals surface area contributed by atoms with Crippen molar-refractivity contribution in [2.75, 3.05) is 0 Å². The highest BCUT2D eigenvalue weighted by Crippen LogP contribution is 2.12. The van der Waals surface area contributed by atoms with E-state index in [0.29, 0.717) is 12.0 Å². The van der Waals surface area contributed by atoms with Gasteiger partial charge in [-0.25, -0.2) is 9.97 Å². The van der Waals surface area contributed by atoms with E-state index in [4.69, 9.17) is 4.42 Å². The summed E-state index contributed by atoms with van der Waals surface area (Å²) in [5, 5.41) is 7.08. The van der Waals surface area contributed by atoms with Crippen LogP contribution in [0.2, 0.25) is 0 Å². The van der Waals surface area contributed by atoms with Gasteiger partial charge in [0.2, 0.25) is 6.29 Å². The van der Waals surface area contributed by atoms with Crippen molar-refractivity contribution in [1.29, 1.82) is 0 Å². The smallest absolute Gasteiger partial charge is 0.281 e. The van der Waals surface area contributed by atoms with Crippen molar-refractivity contribution in [1.82, 2.24) is 20.2 Å². The van der Waals surface area contributed by atoms with Gasteiger partial charge in [0, 0.05) is 6.20 Å². The molecule has 0 saturated carbocycles. The molecule has 2 rings (SSSR count). The summed E-state index contributed by atoms with van der Waals surface area (Å²) in [6.07, 6.45) is 3.39. The summed E-state index contributed by atoms with van der Waals surface area (Å²) in [6, 6.07) is 1.61. The number of aldehydes is 1. The number of carbonyl (C=O) groups is 1. The van der Waals surface area contributed by atoms with E-state index in [9.17, 15) is 4.79 Å². The van der Waals surface area contributed by atoms with Crippen molar-refractivity contribution in [3.8, 4) is 11.6 Å². The van der Waals surface area contributed by atoms with E-state index in [2.05, 4.69) is 20.2 Å². The van der Waals surface area contributed by atoms with Crippen LogP contribution in [0.25, 0.3) is 11.6 Å². The SMILES string of the molecule is O=Cc1nnc(-c2ccncn2)o1. The summed E-state index contributed by atoms with van der Waals surface area (Å²) in [7, 11) is 0. The van der Waals surface area contributed by atoms with Gasteiger partial charge in [0.05, 0.1) is 0 Å². The van der Waals surface area contributed by atoms with E-state index >= 15 is 0 Å². The van der Waals surface area contributed by atoms with Gasteiger partial charge >= 0.3 is 0 Å². The van der Waals surface area contributed by atoms with Crippen molar-refractivity contribution in [2.45, 2.75) is 0 Å². The van der Waals surface area contributed by atoms with Gasteiger partial charge in [-0.05, 0) is 6.07 Å². The first-order valence-corrected chi connectivity index (χ1v) is 3.45. The Labute approximate surface area is 72.7 Å². The zero-order chi connectivity index (χ0) is 9.10. The number of hydrogen-bond acceptors (Lipinski definition) is 6. The summed E-state index contributed by atoms with van der Waals surface area (Å²) in [4.78, 5) is 17.8. The lowest BCUT2D eigenvalue weighted by Crippen LogP contribution is -1.83. The molecule has 0 saturated heterocycles. The second-order valence-corrected chi connectivity index (χ2v) is 2.16. The van der Waals surface area contributed by atoms with Gasteiger partial charge in [-0.3, -0.25) is 4.79 Å². The van der Waals surface area contributed by atoms with Crippen LogP contribution in [-0.2, 0) is 0 Å². The van der Waals surface area contributed by atoms with E-state index < -0.39 is 0 Å². The number of aromatic nitrogens is 4. The normalized spacial score (nSPS) is 9.85. The molecule has 0 bridgehead atoms. The zero-order valence-corrected chi connectivity index (χ0v) is 6.41. The van der Waals surface area contributed by atoms with Crippen molar-refractivity contribution in [3.63, 3.8) is 0 Å². The third kappa shape index (κ3) is 1.41. The van der Waals surface area contributed by atoms with Gasteiger partial charge in [0.25, 0.3) is 11.8 Å². The predicted octanol–water partition coefficient (Wildman–Crippen LogP) is 0.339. The van der Waals surface area contributed by atoms with Crippen LogP contribution in [-0.4, -0.2) is 26.5 Å². The highest BCUT2D eigenvalue weighted by atomic mass is 16.4. The van der Waals surface area contributed by atoms with Crippen LogP contribution < -0.4 is 0 Å². The maximum atomic E-state index is 10.2. The maximum Gasteiger partial charge on any atom is 0.281 e. The molecule has 0 N–H and O–H groups in total. The van der Waals surface area contributed by atoms with E-state index in [1.54, 1.807) is 12.3 Å². The molecule has 0 amide bonds. The molecule has 0 aliphatic heterocycles. The van der Waals surface area contributed by atoms with Gasteiger partial charge in [-0.2, -0.15) is 0 Å². The minimum Gasteiger partial charge on any atom is -0.412 e. The molecule has 0 aliphatic carbocycles. The first-order valence-electron chi connectivity index (χ1n) is 3.45. The molecule has 0 radical (unpaired) electrons. The number of hydrogen-bond donors (Lipinski definition) is 0. The number of carbonyl (C=O) groups excluding carboxylic acids is 1. The fourth-order valence-electron chi connectivity index (χ4n) is 0.803. The van der Waals surface area contributed by atoms with Crippen LogP contribution >= 0.6 is 0 Å². The minimum absolute atomic E-state index is 0.0615. The van der Waals surface area contributed by atoms with Crippen LogP contribution in [0, 0.1) is 0 Å². The molecular formula is C7H4N4O2. The largest absolute Gasteiger partial charge is 0.412 e. The highest BCUT2D eigenvalue weighted by Gasteiger charge is 2.07. The quantitative estimate of drug-likeness (QED) is 0.613. The molecule has 0 atom stereocenters. The first kappa shape index (κ1) is 7.53. The lowest BCUT2D eigenvalue weighted by Gasteiger charge is -1.88. The minimum atomic E-state index is -0.0615. The maximum absolute atomic E-state index is 10.2. The average molecular weight is 176 g/mol. The molecule has 2 aromatic rings. The molecule has 6 heteroatoms. The fourth-order valence-corrected chi connectivity index (χ4v) is 0.803. The second-order valence-electron chi connectivity index (χ2n) is 2.16. The molecule has 64 valence electrons. The molecule has 0 aliphatic rings. The molecule has 13 heavy (non-hydrogen) atoms. The molecule has 0 unspecified atom stereocenters. The van der Waals surface area contributed by atoms with Crippen LogP contribution in [0.3, 0.4) is 0 Å². The van der Waals surface area contributed by atoms with E-state index in [0.717, 1.165) is 0 Å². The first-order chi connectivity index (χ1) is 6.40. The van der Waals surface area contributed by atoms with Gasteiger partial charge < -0.3 is 4.42 Å². The molecule has 0 fully saturated rings. The van der Waals surface area contributed by atoms with E-state index in [1.165, 1.54) is 6.33 Å². The van der Waals surface area contributed by atoms with Crippen molar-refractivity contribution >= 4 is 6.29 Å². The Morgan fingerprint density at radius 2 is 2.31 bits per heavy atom. The van der Waals surface area contributed by atoms with E-state index in [-0.39, 0.29) is 11.8 Å². The van der Waals surface area contributed by atoms with Crippen LogP contribution in [0.5, 0.6) is 0 Å². The number of nitrogens with zero attached hydrogens (tertiary/aromatic N) is 4. The Hall–Kier alpha value is -2.11. The highest BCUT2D eigenvalue weighted by molar-refractivity contribution is 5.67. The summed E-state index contributed by atoms with van der Waals surface area (Å²) >= 11 is 0. The molecule has 6 nitrogen and oxygen atoms in total. The molecule has 2 aromatic heterocycles. The van der Waals surface area contributed by atoms with Crippen molar-refractivity contribution in [3.05, 3.63) is 24.5 Å². The van der Waals surface area contributed by atoms with Gasteiger partial charge in [0.15, 0.2) is 0 Å². The Morgan fingerprint density at radius 3 is 2.92 bits per heavy atom. The summed E-state index contributed by atoms with van der Waals surface area (Å²) in [5.41, 5.74) is 0.496. The summed E-state index contributed by atoms with van der Waals surface area (Å²) < 4.78 is 4.94. The lowest BCUT2D eigenvalue weighted by atomic mass is 10.4. The Morgan fingerprint density at radius 1 is 1.38 bits per heavy atom. The van der Waals surface area contributed by atoms with Gasteiger partial charge in [0.1, 0.15) is 12.0 Å². The van der Waals surface area contributed by atoms with E-state index in [1.807, 2.05) is 0 Å². The zero-order valence-electron chi connectivity index (χ0n) is 6.41. The second kappa shape index (κ2) is 3.10. The van der Waals surface area contributed by atoms with Gasteiger partial charge in [-0.1, -0.05) is 0 Å². The third-order valence-electron chi connectivity index (χ3n) is 1.34. The predicted molar refractivity (Wildman–Crippen MR) is 40.7 cm³/mol. The van der Waals surface area contributed by atoms with Crippen molar-refractivity contribution in [2.24, 2.45) is 0 Å². The standard InChI is InChI=1S/C7H4N4O2/c12-3-6-10-11-7(13-6)5-1-2-8-4-9-5/h1-4H. The summed E-state index contributed by atoms with van der Waals surface area (Å²) in [5.74, 6) is 0.151. The molecule has 2 heterocycles. The molecular weight excluding hydrogens is 172 g/mol. The Kier molecular flexibility index (Phi) is 1.79. The topological polar surface area (TPSA) is 81.8 Å². The average Bonchev–Trinajstić information content (AvgIpc) is 2.67.